The van der Waals surface area contributed by atoms with Gasteiger partial charge in [0.1, 0.15) is 5.82 Å². The summed E-state index contributed by atoms with van der Waals surface area (Å²) in [5, 5.41) is 8.23. The van der Waals surface area contributed by atoms with Crippen LogP contribution >= 0.6 is 11.8 Å². The number of pyridine rings is 1. The largest absolute Gasteiger partial charge is 0.351 e. The van der Waals surface area contributed by atoms with Gasteiger partial charge in [-0.25, -0.2) is 4.39 Å². The first-order valence-electron chi connectivity index (χ1n) is 9.70. The lowest BCUT2D eigenvalue weighted by Crippen LogP contribution is -2.25. The van der Waals surface area contributed by atoms with Gasteiger partial charge in [-0.2, -0.15) is 0 Å². The summed E-state index contributed by atoms with van der Waals surface area (Å²) >= 11 is 1.18. The minimum atomic E-state index is -0.379. The number of halogens is 1. The number of rotatable bonds is 9. The topological polar surface area (TPSA) is 100 Å². The molecule has 0 aliphatic heterocycles. The SMILES string of the molecule is O=C(CSCC(=O)Nc1ccc(F)cc1)NCc1cccc(NC(=O)c2ccncc2)c1. The Labute approximate surface area is 188 Å². The molecule has 7 nitrogen and oxygen atoms in total. The first kappa shape index (κ1) is 23.0. The van der Waals surface area contributed by atoms with Crippen molar-refractivity contribution in [3.8, 4) is 0 Å². The maximum atomic E-state index is 12.9. The summed E-state index contributed by atoms with van der Waals surface area (Å²) in [7, 11) is 0. The zero-order chi connectivity index (χ0) is 22.8. The molecule has 3 rings (SSSR count). The average Bonchev–Trinajstić information content (AvgIpc) is 2.80. The normalized spacial score (nSPS) is 10.3. The molecule has 2 aromatic carbocycles. The van der Waals surface area contributed by atoms with E-state index in [1.54, 1.807) is 42.7 Å². The van der Waals surface area contributed by atoms with Crippen LogP contribution in [0.1, 0.15) is 15.9 Å². The van der Waals surface area contributed by atoms with Gasteiger partial charge in [0.05, 0.1) is 11.5 Å². The summed E-state index contributed by atoms with van der Waals surface area (Å²) in [6.07, 6.45) is 3.09. The van der Waals surface area contributed by atoms with Crippen LogP contribution in [0.5, 0.6) is 0 Å². The zero-order valence-corrected chi connectivity index (χ0v) is 17.8. The van der Waals surface area contributed by atoms with Gasteiger partial charge in [0, 0.05) is 35.9 Å². The van der Waals surface area contributed by atoms with Gasteiger partial charge in [0.2, 0.25) is 11.8 Å². The molecule has 3 N–H and O–H groups in total. The fraction of sp³-hybridized carbons (Fsp3) is 0.130. The van der Waals surface area contributed by atoms with Crippen molar-refractivity contribution in [1.29, 1.82) is 0 Å². The smallest absolute Gasteiger partial charge is 0.255 e. The Hall–Kier alpha value is -3.72. The van der Waals surface area contributed by atoms with Gasteiger partial charge < -0.3 is 16.0 Å². The summed E-state index contributed by atoms with van der Waals surface area (Å²) in [6, 6.07) is 15.9. The fourth-order valence-electron chi connectivity index (χ4n) is 2.68. The Kier molecular flexibility index (Phi) is 8.33. The predicted molar refractivity (Wildman–Crippen MR) is 123 cm³/mol. The van der Waals surface area contributed by atoms with Crippen LogP contribution in [0, 0.1) is 5.82 Å². The second-order valence-electron chi connectivity index (χ2n) is 6.71. The molecule has 0 atom stereocenters. The molecule has 0 saturated heterocycles. The molecule has 9 heteroatoms. The number of hydrogen-bond donors (Lipinski definition) is 3. The average molecular weight is 453 g/mol. The summed E-state index contributed by atoms with van der Waals surface area (Å²) in [4.78, 5) is 40.1. The molecule has 164 valence electrons. The van der Waals surface area contributed by atoms with Crippen LogP contribution in [0.25, 0.3) is 0 Å². The monoisotopic (exact) mass is 452 g/mol. The second kappa shape index (κ2) is 11.6. The minimum Gasteiger partial charge on any atom is -0.351 e. The van der Waals surface area contributed by atoms with Gasteiger partial charge >= 0.3 is 0 Å². The van der Waals surface area contributed by atoms with Gasteiger partial charge in [-0.1, -0.05) is 12.1 Å². The lowest BCUT2D eigenvalue weighted by atomic mass is 10.2. The van der Waals surface area contributed by atoms with Crippen LogP contribution < -0.4 is 16.0 Å². The van der Waals surface area contributed by atoms with Gasteiger partial charge in [-0.05, 0) is 54.1 Å². The number of amides is 3. The van der Waals surface area contributed by atoms with Crippen molar-refractivity contribution >= 4 is 40.9 Å². The van der Waals surface area contributed by atoms with Gasteiger partial charge in [-0.3, -0.25) is 19.4 Å². The number of aromatic nitrogens is 1. The summed E-state index contributed by atoms with van der Waals surface area (Å²) < 4.78 is 12.9. The van der Waals surface area contributed by atoms with Crippen molar-refractivity contribution in [3.63, 3.8) is 0 Å². The van der Waals surface area contributed by atoms with E-state index in [-0.39, 0.29) is 35.0 Å². The van der Waals surface area contributed by atoms with Crippen LogP contribution in [0.2, 0.25) is 0 Å². The summed E-state index contributed by atoms with van der Waals surface area (Å²) in [5.74, 6) is -0.890. The van der Waals surface area contributed by atoms with E-state index in [1.807, 2.05) is 6.07 Å². The number of hydrogen-bond acceptors (Lipinski definition) is 5. The van der Waals surface area contributed by atoms with Crippen molar-refractivity contribution in [1.82, 2.24) is 10.3 Å². The van der Waals surface area contributed by atoms with E-state index in [9.17, 15) is 18.8 Å². The molecule has 0 spiro atoms. The highest BCUT2D eigenvalue weighted by Crippen LogP contribution is 2.13. The quantitative estimate of drug-likeness (QED) is 0.462. The fourth-order valence-corrected chi connectivity index (χ4v) is 3.33. The van der Waals surface area contributed by atoms with Gasteiger partial charge in [0.25, 0.3) is 5.91 Å². The minimum absolute atomic E-state index is 0.0985. The molecule has 0 aliphatic rings. The molecule has 0 aliphatic carbocycles. The summed E-state index contributed by atoms with van der Waals surface area (Å²) in [6.45, 7) is 0.292. The number of nitrogens with one attached hydrogen (secondary N) is 3. The number of benzene rings is 2. The van der Waals surface area contributed by atoms with Gasteiger partial charge in [0.15, 0.2) is 0 Å². The van der Waals surface area contributed by atoms with E-state index < -0.39 is 0 Å². The molecule has 0 saturated carbocycles. The number of thioether (sulfide) groups is 1. The maximum absolute atomic E-state index is 12.9. The predicted octanol–water partition coefficient (Wildman–Crippen LogP) is 3.46. The summed E-state index contributed by atoms with van der Waals surface area (Å²) in [5.41, 5.74) is 2.44. The van der Waals surface area contributed by atoms with E-state index in [4.69, 9.17) is 0 Å². The number of carbonyl (C=O) groups excluding carboxylic acids is 3. The third-order valence-electron chi connectivity index (χ3n) is 4.21. The van der Waals surface area contributed by atoms with E-state index in [1.165, 1.54) is 36.0 Å². The second-order valence-corrected chi connectivity index (χ2v) is 7.70. The Balaban J connectivity index is 1.39. The van der Waals surface area contributed by atoms with Crippen LogP contribution in [0.3, 0.4) is 0 Å². The molecule has 3 aromatic rings. The van der Waals surface area contributed by atoms with Crippen molar-refractivity contribution in [2.45, 2.75) is 6.54 Å². The Morgan fingerprint density at radius 2 is 1.56 bits per heavy atom. The van der Waals surface area contributed by atoms with Crippen molar-refractivity contribution in [2.24, 2.45) is 0 Å². The molecule has 0 unspecified atom stereocenters. The van der Waals surface area contributed by atoms with Crippen molar-refractivity contribution in [2.75, 3.05) is 22.1 Å². The van der Waals surface area contributed by atoms with Gasteiger partial charge in [-0.15, -0.1) is 11.8 Å². The standard InChI is InChI=1S/C23H21FN4O3S/c24-18-4-6-19(7-5-18)27-22(30)15-32-14-21(29)26-13-16-2-1-3-20(12-16)28-23(31)17-8-10-25-11-9-17/h1-12H,13-15H2,(H,26,29)(H,27,30)(H,28,31). The van der Waals surface area contributed by atoms with Crippen LogP contribution in [0.4, 0.5) is 15.8 Å². The van der Waals surface area contributed by atoms with Crippen molar-refractivity contribution < 1.29 is 18.8 Å². The zero-order valence-electron chi connectivity index (χ0n) is 17.0. The molecule has 32 heavy (non-hydrogen) atoms. The molecule has 1 aromatic heterocycles. The van der Waals surface area contributed by atoms with E-state index in [0.717, 1.165) is 5.56 Å². The molecular formula is C23H21FN4O3S. The Bertz CT molecular complexity index is 1080. The molecule has 0 bridgehead atoms. The third-order valence-corrected chi connectivity index (χ3v) is 5.14. The number of nitrogens with zero attached hydrogens (tertiary/aromatic N) is 1. The van der Waals surface area contributed by atoms with Crippen LogP contribution in [-0.4, -0.2) is 34.2 Å². The van der Waals surface area contributed by atoms with E-state index in [2.05, 4.69) is 20.9 Å². The first-order valence-corrected chi connectivity index (χ1v) is 10.9. The lowest BCUT2D eigenvalue weighted by Gasteiger charge is -2.09. The van der Waals surface area contributed by atoms with E-state index in [0.29, 0.717) is 23.5 Å². The highest BCUT2D eigenvalue weighted by atomic mass is 32.2. The highest BCUT2D eigenvalue weighted by Gasteiger charge is 2.08. The van der Waals surface area contributed by atoms with Crippen LogP contribution in [-0.2, 0) is 16.1 Å². The third kappa shape index (κ3) is 7.51. The highest BCUT2D eigenvalue weighted by molar-refractivity contribution is 8.00. The first-order chi connectivity index (χ1) is 15.5. The van der Waals surface area contributed by atoms with Crippen LogP contribution in [0.15, 0.2) is 73.1 Å². The maximum Gasteiger partial charge on any atom is 0.255 e. The number of carbonyl (C=O) groups is 3. The number of anilines is 2. The van der Waals surface area contributed by atoms with E-state index >= 15 is 0 Å². The van der Waals surface area contributed by atoms with Crippen molar-refractivity contribution in [3.05, 3.63) is 90.0 Å². The Morgan fingerprint density at radius 3 is 2.31 bits per heavy atom. The molecule has 0 fully saturated rings. The molecule has 3 amide bonds. The lowest BCUT2D eigenvalue weighted by molar-refractivity contribution is -0.118. The molecule has 1 heterocycles. The Morgan fingerprint density at radius 1 is 0.844 bits per heavy atom. The molecule has 0 radical (unpaired) electrons. The molecular weight excluding hydrogens is 431 g/mol.